The van der Waals surface area contributed by atoms with Crippen LogP contribution in [0.15, 0.2) is 23.8 Å². The van der Waals surface area contributed by atoms with Crippen LogP contribution >= 0.6 is 0 Å². The monoisotopic (exact) mass is 180 g/mol. The molecule has 0 bridgehead atoms. The zero-order chi connectivity index (χ0) is 9.84. The molecule has 1 rings (SSSR count). The van der Waals surface area contributed by atoms with E-state index in [1.54, 1.807) is 0 Å². The van der Waals surface area contributed by atoms with Crippen molar-refractivity contribution in [3.8, 4) is 0 Å². The molecule has 0 saturated heterocycles. The van der Waals surface area contributed by atoms with Gasteiger partial charge in [0, 0.05) is 0 Å². The van der Waals surface area contributed by atoms with Gasteiger partial charge in [0.2, 0.25) is 0 Å². The first kappa shape index (κ1) is 10.0. The molecular formula is C11H16O2. The topological polar surface area (TPSA) is 37.3 Å². The van der Waals surface area contributed by atoms with Gasteiger partial charge < -0.3 is 5.11 Å². The molecular weight excluding hydrogens is 164 g/mol. The summed E-state index contributed by atoms with van der Waals surface area (Å²) in [6.07, 6.45) is 5.28. The average Bonchev–Trinajstić information content (AvgIpc) is 2.00. The summed E-state index contributed by atoms with van der Waals surface area (Å²) >= 11 is 0. The second-order valence-electron chi connectivity index (χ2n) is 3.76. The summed E-state index contributed by atoms with van der Waals surface area (Å²) in [5, 5.41) is 8.88. The van der Waals surface area contributed by atoms with Gasteiger partial charge in [0.05, 0.1) is 5.92 Å². The fourth-order valence-corrected chi connectivity index (χ4v) is 1.65. The number of carbonyl (C=O) groups is 1. The first-order valence-corrected chi connectivity index (χ1v) is 4.67. The third-order valence-corrected chi connectivity index (χ3v) is 2.50. The molecule has 1 atom stereocenters. The molecule has 1 unspecified atom stereocenters. The van der Waals surface area contributed by atoms with Crippen LogP contribution in [0.4, 0.5) is 0 Å². The molecule has 0 spiro atoms. The van der Waals surface area contributed by atoms with Gasteiger partial charge in [-0.1, -0.05) is 23.8 Å². The van der Waals surface area contributed by atoms with E-state index in [1.165, 1.54) is 5.57 Å². The zero-order valence-corrected chi connectivity index (χ0v) is 8.05. The lowest BCUT2D eigenvalue weighted by Crippen LogP contribution is -2.14. The van der Waals surface area contributed by atoms with E-state index in [-0.39, 0.29) is 5.92 Å². The van der Waals surface area contributed by atoms with E-state index >= 15 is 0 Å². The number of aliphatic carboxylic acids is 1. The predicted octanol–water partition coefficient (Wildman–Crippen LogP) is 2.76. The molecule has 0 fully saturated rings. The van der Waals surface area contributed by atoms with Crippen LogP contribution in [0.2, 0.25) is 0 Å². The number of carboxylic acid groups (broad SMARTS) is 1. The molecule has 1 N–H and O–H groups in total. The molecule has 0 saturated carbocycles. The molecule has 0 amide bonds. The van der Waals surface area contributed by atoms with E-state index < -0.39 is 5.97 Å². The molecule has 0 heterocycles. The smallest absolute Gasteiger partial charge is 0.306 e. The Morgan fingerprint density at radius 3 is 2.77 bits per heavy atom. The van der Waals surface area contributed by atoms with Crippen molar-refractivity contribution in [1.29, 1.82) is 0 Å². The van der Waals surface area contributed by atoms with Crippen molar-refractivity contribution in [2.75, 3.05) is 0 Å². The van der Waals surface area contributed by atoms with E-state index in [0.717, 1.165) is 31.3 Å². The van der Waals surface area contributed by atoms with Crippen LogP contribution in [0.25, 0.3) is 0 Å². The van der Waals surface area contributed by atoms with Crippen LogP contribution in [0.1, 0.15) is 32.6 Å². The van der Waals surface area contributed by atoms with Gasteiger partial charge >= 0.3 is 5.97 Å². The fraction of sp³-hybridized carbons (Fsp3) is 0.545. The second-order valence-corrected chi connectivity index (χ2v) is 3.76. The van der Waals surface area contributed by atoms with Crippen LogP contribution in [0.5, 0.6) is 0 Å². The van der Waals surface area contributed by atoms with Crippen molar-refractivity contribution < 1.29 is 9.90 Å². The summed E-state index contributed by atoms with van der Waals surface area (Å²) in [5.74, 6) is -0.845. The van der Waals surface area contributed by atoms with Crippen molar-refractivity contribution in [3.05, 3.63) is 23.8 Å². The minimum absolute atomic E-state index is 0.180. The Balaban J connectivity index is 2.65. The van der Waals surface area contributed by atoms with Crippen LogP contribution in [0, 0.1) is 5.92 Å². The Bertz CT molecular complexity index is 251. The van der Waals surface area contributed by atoms with Crippen molar-refractivity contribution in [2.24, 2.45) is 5.92 Å². The zero-order valence-electron chi connectivity index (χ0n) is 8.05. The maximum absolute atomic E-state index is 10.8. The number of allylic oxidation sites excluding steroid dienone is 3. The van der Waals surface area contributed by atoms with Gasteiger partial charge in [-0.25, -0.2) is 0 Å². The summed E-state index contributed by atoms with van der Waals surface area (Å²) in [6.45, 7) is 5.93. The molecule has 13 heavy (non-hydrogen) atoms. The summed E-state index contributed by atoms with van der Waals surface area (Å²) in [5.41, 5.74) is 2.31. The molecule has 2 heteroatoms. The normalized spacial score (nSPS) is 28.5. The third-order valence-electron chi connectivity index (χ3n) is 2.50. The van der Waals surface area contributed by atoms with Gasteiger partial charge in [0.15, 0.2) is 0 Å². The molecule has 0 aromatic heterocycles. The predicted molar refractivity (Wildman–Crippen MR) is 52.5 cm³/mol. The highest BCUT2D eigenvalue weighted by Crippen LogP contribution is 2.24. The van der Waals surface area contributed by atoms with Crippen LogP contribution < -0.4 is 0 Å². The first-order chi connectivity index (χ1) is 6.09. The van der Waals surface area contributed by atoms with Gasteiger partial charge in [-0.05, 0) is 32.6 Å². The highest BCUT2D eigenvalue weighted by molar-refractivity contribution is 5.70. The minimum Gasteiger partial charge on any atom is -0.481 e. The van der Waals surface area contributed by atoms with Gasteiger partial charge in [-0.15, -0.1) is 0 Å². The highest BCUT2D eigenvalue weighted by Gasteiger charge is 2.18. The maximum atomic E-state index is 10.8. The van der Waals surface area contributed by atoms with Crippen LogP contribution in [-0.4, -0.2) is 11.1 Å². The summed E-state index contributed by atoms with van der Waals surface area (Å²) < 4.78 is 0. The molecule has 1 aliphatic carbocycles. The SMILES string of the molecule is C=C1/C=C(/C)CCC(C(=O)O)CC1. The minimum atomic E-state index is -0.664. The van der Waals surface area contributed by atoms with E-state index in [1.807, 2.05) is 6.92 Å². The number of carboxylic acids is 1. The average molecular weight is 180 g/mol. The standard InChI is InChI=1S/C11H16O2/c1-8-3-5-10(11(12)13)6-4-9(2)7-8/h7,10H,1,3-6H2,2H3,(H,12,13)/b9-7-. The molecule has 0 radical (unpaired) electrons. The largest absolute Gasteiger partial charge is 0.481 e. The lowest BCUT2D eigenvalue weighted by Gasteiger charge is -2.15. The van der Waals surface area contributed by atoms with Crippen LogP contribution in [-0.2, 0) is 4.79 Å². The third kappa shape index (κ3) is 3.05. The Morgan fingerprint density at radius 2 is 2.15 bits per heavy atom. The highest BCUT2D eigenvalue weighted by atomic mass is 16.4. The van der Waals surface area contributed by atoms with E-state index in [0.29, 0.717) is 0 Å². The van der Waals surface area contributed by atoms with Crippen LogP contribution in [0.3, 0.4) is 0 Å². The molecule has 2 nitrogen and oxygen atoms in total. The van der Waals surface area contributed by atoms with Gasteiger partial charge in [0.1, 0.15) is 0 Å². The Labute approximate surface area is 79.0 Å². The Kier molecular flexibility index (Phi) is 3.29. The van der Waals surface area contributed by atoms with Gasteiger partial charge in [-0.2, -0.15) is 0 Å². The fourth-order valence-electron chi connectivity index (χ4n) is 1.65. The summed E-state index contributed by atoms with van der Waals surface area (Å²) in [7, 11) is 0. The number of hydrogen-bond donors (Lipinski definition) is 1. The van der Waals surface area contributed by atoms with Gasteiger partial charge in [0.25, 0.3) is 0 Å². The first-order valence-electron chi connectivity index (χ1n) is 4.67. The Hall–Kier alpha value is -1.05. The summed E-state index contributed by atoms with van der Waals surface area (Å²) in [6, 6.07) is 0. The van der Waals surface area contributed by atoms with Crippen molar-refractivity contribution >= 4 is 5.97 Å². The quantitative estimate of drug-likeness (QED) is 0.673. The van der Waals surface area contributed by atoms with Gasteiger partial charge in [-0.3, -0.25) is 4.79 Å². The molecule has 0 aromatic rings. The lowest BCUT2D eigenvalue weighted by atomic mass is 9.90. The molecule has 0 aromatic carbocycles. The number of rotatable bonds is 1. The second kappa shape index (κ2) is 4.26. The van der Waals surface area contributed by atoms with Crippen molar-refractivity contribution in [1.82, 2.24) is 0 Å². The van der Waals surface area contributed by atoms with Crippen molar-refractivity contribution in [3.63, 3.8) is 0 Å². The van der Waals surface area contributed by atoms with E-state index in [4.69, 9.17) is 5.11 Å². The lowest BCUT2D eigenvalue weighted by molar-refractivity contribution is -0.142. The van der Waals surface area contributed by atoms with E-state index in [9.17, 15) is 4.79 Å². The molecule has 72 valence electrons. The maximum Gasteiger partial charge on any atom is 0.306 e. The Morgan fingerprint density at radius 1 is 1.54 bits per heavy atom. The van der Waals surface area contributed by atoms with Crippen molar-refractivity contribution in [2.45, 2.75) is 32.6 Å². The number of hydrogen-bond acceptors (Lipinski definition) is 1. The summed E-state index contributed by atoms with van der Waals surface area (Å²) in [4.78, 5) is 10.8. The molecule has 0 aliphatic heterocycles. The molecule has 1 aliphatic rings. The van der Waals surface area contributed by atoms with E-state index in [2.05, 4.69) is 12.7 Å².